The van der Waals surface area contributed by atoms with Crippen molar-refractivity contribution in [2.24, 2.45) is 0 Å². The van der Waals surface area contributed by atoms with Crippen LogP contribution in [-0.4, -0.2) is 66.3 Å². The predicted octanol–water partition coefficient (Wildman–Crippen LogP) is 3.27. The standard InChI is InChI=1S/C23H28N4O3S/c1-17(31-21-9-4-18(16-24-21)23(29)27-10-2-3-11-27)22(28)25-19-5-7-20(8-6-19)26-12-14-30-15-13-26/h4-9,16-17H,2-3,10-15H2,1H3,(H,25,28). The lowest BCUT2D eigenvalue weighted by atomic mass is 10.2. The molecule has 1 aromatic heterocycles. The maximum absolute atomic E-state index is 12.6. The van der Waals surface area contributed by atoms with Crippen LogP contribution in [0.15, 0.2) is 47.6 Å². The van der Waals surface area contributed by atoms with Crippen LogP contribution in [0.5, 0.6) is 0 Å². The molecule has 1 aromatic carbocycles. The Balaban J connectivity index is 1.29. The van der Waals surface area contributed by atoms with Gasteiger partial charge in [-0.15, -0.1) is 0 Å². The van der Waals surface area contributed by atoms with Crippen molar-refractivity contribution in [2.75, 3.05) is 49.6 Å². The third-order valence-corrected chi connectivity index (χ3v) is 6.61. The Morgan fingerprint density at radius 3 is 2.39 bits per heavy atom. The number of benzene rings is 1. The molecule has 0 aliphatic carbocycles. The molecule has 1 N–H and O–H groups in total. The molecular formula is C23H28N4O3S. The van der Waals surface area contributed by atoms with Crippen LogP contribution >= 0.6 is 11.8 Å². The Morgan fingerprint density at radius 2 is 1.74 bits per heavy atom. The summed E-state index contributed by atoms with van der Waals surface area (Å²) in [6, 6.07) is 11.5. The van der Waals surface area contributed by atoms with E-state index in [1.165, 1.54) is 11.8 Å². The number of nitrogens with one attached hydrogen (secondary N) is 1. The lowest BCUT2D eigenvalue weighted by molar-refractivity contribution is -0.115. The lowest BCUT2D eigenvalue weighted by Crippen LogP contribution is -2.36. The van der Waals surface area contributed by atoms with Crippen molar-refractivity contribution in [3.05, 3.63) is 48.2 Å². The van der Waals surface area contributed by atoms with Gasteiger partial charge in [-0.25, -0.2) is 4.98 Å². The molecule has 2 saturated heterocycles. The number of hydrogen-bond donors (Lipinski definition) is 1. The van der Waals surface area contributed by atoms with Crippen molar-refractivity contribution in [1.29, 1.82) is 0 Å². The van der Waals surface area contributed by atoms with Crippen LogP contribution in [0.3, 0.4) is 0 Å². The summed E-state index contributed by atoms with van der Waals surface area (Å²) < 4.78 is 5.39. The minimum absolute atomic E-state index is 0.0351. The molecule has 1 unspecified atom stereocenters. The molecule has 2 aliphatic heterocycles. The Labute approximate surface area is 187 Å². The van der Waals surface area contributed by atoms with Gasteiger partial charge in [0.15, 0.2) is 0 Å². The van der Waals surface area contributed by atoms with Gasteiger partial charge in [0.25, 0.3) is 5.91 Å². The summed E-state index contributed by atoms with van der Waals surface area (Å²) in [6.45, 7) is 6.75. The number of carbonyl (C=O) groups is 2. The van der Waals surface area contributed by atoms with E-state index in [0.29, 0.717) is 5.56 Å². The summed E-state index contributed by atoms with van der Waals surface area (Å²) in [5.74, 6) is -0.0454. The molecule has 2 amide bonds. The van der Waals surface area contributed by atoms with Gasteiger partial charge in [0, 0.05) is 43.8 Å². The average Bonchev–Trinajstić information content (AvgIpc) is 3.35. The number of thioether (sulfide) groups is 1. The van der Waals surface area contributed by atoms with E-state index in [1.54, 1.807) is 12.3 Å². The maximum Gasteiger partial charge on any atom is 0.255 e. The zero-order chi connectivity index (χ0) is 21.6. The highest BCUT2D eigenvalue weighted by atomic mass is 32.2. The molecular weight excluding hydrogens is 412 g/mol. The Bertz CT molecular complexity index is 892. The maximum atomic E-state index is 12.6. The molecule has 2 aliphatic rings. The summed E-state index contributed by atoms with van der Waals surface area (Å²) in [4.78, 5) is 33.6. The largest absolute Gasteiger partial charge is 0.378 e. The molecule has 0 bridgehead atoms. The summed E-state index contributed by atoms with van der Waals surface area (Å²) in [5.41, 5.74) is 2.51. The number of hydrogen-bond acceptors (Lipinski definition) is 6. The summed E-state index contributed by atoms with van der Waals surface area (Å²) in [6.07, 6.45) is 3.74. The van der Waals surface area contributed by atoms with Crippen molar-refractivity contribution < 1.29 is 14.3 Å². The lowest BCUT2D eigenvalue weighted by Gasteiger charge is -2.28. The van der Waals surface area contributed by atoms with Gasteiger partial charge in [0.1, 0.15) is 0 Å². The quantitative estimate of drug-likeness (QED) is 0.695. The number of aromatic nitrogens is 1. The van der Waals surface area contributed by atoms with Gasteiger partial charge >= 0.3 is 0 Å². The number of likely N-dealkylation sites (tertiary alicyclic amines) is 1. The van der Waals surface area contributed by atoms with E-state index in [2.05, 4.69) is 15.2 Å². The second-order valence-electron chi connectivity index (χ2n) is 7.78. The fourth-order valence-corrected chi connectivity index (χ4v) is 4.52. The van der Waals surface area contributed by atoms with Crippen LogP contribution in [0.1, 0.15) is 30.1 Å². The molecule has 2 aromatic rings. The second-order valence-corrected chi connectivity index (χ2v) is 9.14. The molecule has 164 valence electrons. The number of carbonyl (C=O) groups excluding carboxylic acids is 2. The Kier molecular flexibility index (Phi) is 7.09. The molecule has 0 saturated carbocycles. The van der Waals surface area contributed by atoms with Gasteiger partial charge in [-0.1, -0.05) is 11.8 Å². The van der Waals surface area contributed by atoms with Gasteiger partial charge in [-0.2, -0.15) is 0 Å². The normalized spacial score (nSPS) is 17.5. The van der Waals surface area contributed by atoms with E-state index < -0.39 is 0 Å². The summed E-state index contributed by atoms with van der Waals surface area (Å²) in [7, 11) is 0. The van der Waals surface area contributed by atoms with Gasteiger partial charge in [0.2, 0.25) is 5.91 Å². The zero-order valence-electron chi connectivity index (χ0n) is 17.8. The number of amides is 2. The predicted molar refractivity (Wildman–Crippen MR) is 123 cm³/mol. The number of rotatable bonds is 6. The number of anilines is 2. The number of morpholine rings is 1. The van der Waals surface area contributed by atoms with Crippen LogP contribution in [0, 0.1) is 0 Å². The minimum Gasteiger partial charge on any atom is -0.378 e. The smallest absolute Gasteiger partial charge is 0.255 e. The molecule has 7 nitrogen and oxygen atoms in total. The van der Waals surface area contributed by atoms with E-state index in [0.717, 1.165) is 68.6 Å². The number of nitrogens with zero attached hydrogens (tertiary/aromatic N) is 3. The van der Waals surface area contributed by atoms with Gasteiger partial charge in [-0.05, 0) is 56.2 Å². The van der Waals surface area contributed by atoms with Crippen molar-refractivity contribution in [2.45, 2.75) is 30.0 Å². The summed E-state index contributed by atoms with van der Waals surface area (Å²) >= 11 is 1.38. The van der Waals surface area contributed by atoms with E-state index in [1.807, 2.05) is 42.2 Å². The molecule has 1 atom stereocenters. The molecule has 0 radical (unpaired) electrons. The zero-order valence-corrected chi connectivity index (χ0v) is 18.6. The molecule has 4 rings (SSSR count). The second kappa shape index (κ2) is 10.2. The molecule has 0 spiro atoms. The van der Waals surface area contributed by atoms with Crippen molar-refractivity contribution >= 4 is 35.0 Å². The van der Waals surface area contributed by atoms with Gasteiger partial charge in [0.05, 0.1) is 29.1 Å². The van der Waals surface area contributed by atoms with Crippen molar-refractivity contribution in [3.63, 3.8) is 0 Å². The number of pyridine rings is 1. The van der Waals surface area contributed by atoms with Crippen LogP contribution in [0.2, 0.25) is 0 Å². The molecule has 2 fully saturated rings. The van der Waals surface area contributed by atoms with Crippen LogP contribution in [0.25, 0.3) is 0 Å². The van der Waals surface area contributed by atoms with Crippen LogP contribution < -0.4 is 10.2 Å². The fraction of sp³-hybridized carbons (Fsp3) is 0.435. The first-order valence-corrected chi connectivity index (χ1v) is 11.6. The fourth-order valence-electron chi connectivity index (χ4n) is 3.73. The third-order valence-electron chi connectivity index (χ3n) is 5.55. The third kappa shape index (κ3) is 5.57. The van der Waals surface area contributed by atoms with Crippen LogP contribution in [0.4, 0.5) is 11.4 Å². The summed E-state index contributed by atoms with van der Waals surface area (Å²) in [5, 5.41) is 3.38. The van der Waals surface area contributed by atoms with E-state index in [9.17, 15) is 9.59 Å². The topological polar surface area (TPSA) is 74.8 Å². The average molecular weight is 441 g/mol. The minimum atomic E-state index is -0.313. The molecule has 8 heteroatoms. The first kappa shape index (κ1) is 21.6. The number of ether oxygens (including phenoxy) is 1. The van der Waals surface area contributed by atoms with Gasteiger partial charge < -0.3 is 19.9 Å². The Hall–Kier alpha value is -2.58. The monoisotopic (exact) mass is 440 g/mol. The molecule has 31 heavy (non-hydrogen) atoms. The van der Waals surface area contributed by atoms with E-state index in [-0.39, 0.29) is 17.1 Å². The highest BCUT2D eigenvalue weighted by Gasteiger charge is 2.20. The van der Waals surface area contributed by atoms with E-state index in [4.69, 9.17) is 4.74 Å². The highest BCUT2D eigenvalue weighted by molar-refractivity contribution is 8.00. The van der Waals surface area contributed by atoms with Crippen molar-refractivity contribution in [3.8, 4) is 0 Å². The highest BCUT2D eigenvalue weighted by Crippen LogP contribution is 2.24. The SMILES string of the molecule is CC(Sc1ccc(C(=O)N2CCCC2)cn1)C(=O)Nc1ccc(N2CCOCC2)cc1. The van der Waals surface area contributed by atoms with Crippen molar-refractivity contribution in [1.82, 2.24) is 9.88 Å². The molecule has 3 heterocycles. The van der Waals surface area contributed by atoms with Gasteiger partial charge in [-0.3, -0.25) is 9.59 Å². The van der Waals surface area contributed by atoms with E-state index >= 15 is 0 Å². The first-order valence-electron chi connectivity index (χ1n) is 10.8. The Morgan fingerprint density at radius 1 is 1.03 bits per heavy atom. The first-order chi connectivity index (χ1) is 15.1. The van der Waals surface area contributed by atoms with Crippen LogP contribution in [-0.2, 0) is 9.53 Å².